The van der Waals surface area contributed by atoms with Crippen molar-refractivity contribution in [3.8, 4) is 0 Å². The molecule has 0 radical (unpaired) electrons. The summed E-state index contributed by atoms with van der Waals surface area (Å²) < 4.78 is 10.1. The van der Waals surface area contributed by atoms with E-state index in [4.69, 9.17) is 9.47 Å². The van der Waals surface area contributed by atoms with Gasteiger partial charge in [0.1, 0.15) is 12.7 Å². The number of likely N-dealkylation sites (tertiary alicyclic amines) is 1. The third-order valence-corrected chi connectivity index (χ3v) is 3.15. The van der Waals surface area contributed by atoms with E-state index in [9.17, 15) is 9.59 Å². The molecule has 0 atom stereocenters. The van der Waals surface area contributed by atoms with Crippen molar-refractivity contribution in [2.24, 2.45) is 0 Å². The van der Waals surface area contributed by atoms with Gasteiger partial charge in [0, 0.05) is 25.9 Å². The zero-order chi connectivity index (χ0) is 13.5. The molecule has 1 amide bonds. The molecule has 1 aromatic rings. The first-order valence-electron chi connectivity index (χ1n) is 6.34. The number of piperidine rings is 1. The Morgan fingerprint density at radius 2 is 1.95 bits per heavy atom. The second-order valence-corrected chi connectivity index (χ2v) is 4.46. The van der Waals surface area contributed by atoms with Gasteiger partial charge in [-0.25, -0.2) is 4.79 Å². The van der Waals surface area contributed by atoms with Crippen molar-refractivity contribution in [2.45, 2.75) is 25.6 Å². The van der Waals surface area contributed by atoms with Crippen molar-refractivity contribution in [3.63, 3.8) is 0 Å². The van der Waals surface area contributed by atoms with E-state index in [1.165, 1.54) is 0 Å². The summed E-state index contributed by atoms with van der Waals surface area (Å²) in [5.74, 6) is 0. The van der Waals surface area contributed by atoms with Crippen LogP contribution in [0.25, 0.3) is 0 Å². The Hall–Kier alpha value is -2.04. The van der Waals surface area contributed by atoms with Gasteiger partial charge < -0.3 is 14.4 Å². The third kappa shape index (κ3) is 3.98. The van der Waals surface area contributed by atoms with Crippen molar-refractivity contribution < 1.29 is 19.1 Å². The fourth-order valence-electron chi connectivity index (χ4n) is 2.06. The fourth-order valence-corrected chi connectivity index (χ4v) is 2.06. The van der Waals surface area contributed by atoms with Crippen LogP contribution >= 0.6 is 0 Å². The minimum atomic E-state index is -0.312. The lowest BCUT2D eigenvalue weighted by Gasteiger charge is -2.30. The lowest BCUT2D eigenvalue weighted by molar-refractivity contribution is -0.135. The first-order valence-corrected chi connectivity index (χ1v) is 6.34. The first kappa shape index (κ1) is 13.4. The maximum Gasteiger partial charge on any atom is 0.410 e. The zero-order valence-electron chi connectivity index (χ0n) is 10.7. The molecule has 1 heterocycles. The van der Waals surface area contributed by atoms with Crippen LogP contribution in [0, 0.1) is 0 Å². The Balaban J connectivity index is 1.74. The van der Waals surface area contributed by atoms with Gasteiger partial charge in [-0.05, 0) is 5.56 Å². The lowest BCUT2D eigenvalue weighted by Crippen LogP contribution is -2.41. The first-order chi connectivity index (χ1) is 9.29. The SMILES string of the molecule is O=COC1CCN(C(=O)OCc2ccccc2)CC1. The highest BCUT2D eigenvalue weighted by Crippen LogP contribution is 2.14. The molecule has 102 valence electrons. The largest absolute Gasteiger partial charge is 0.464 e. The molecule has 2 rings (SSSR count). The number of hydrogen-bond donors (Lipinski definition) is 0. The molecule has 1 aliphatic rings. The summed E-state index contributed by atoms with van der Waals surface area (Å²) in [6, 6.07) is 9.56. The van der Waals surface area contributed by atoms with Gasteiger partial charge in [0.15, 0.2) is 0 Å². The van der Waals surface area contributed by atoms with Crippen LogP contribution in [0.2, 0.25) is 0 Å². The van der Waals surface area contributed by atoms with Gasteiger partial charge in [-0.3, -0.25) is 4.79 Å². The monoisotopic (exact) mass is 263 g/mol. The average molecular weight is 263 g/mol. The maximum atomic E-state index is 11.8. The van der Waals surface area contributed by atoms with Crippen molar-refractivity contribution in [3.05, 3.63) is 35.9 Å². The van der Waals surface area contributed by atoms with Gasteiger partial charge in [-0.2, -0.15) is 0 Å². The van der Waals surface area contributed by atoms with Crippen LogP contribution in [0.1, 0.15) is 18.4 Å². The molecule has 0 N–H and O–H groups in total. The van der Waals surface area contributed by atoms with Crippen LogP contribution in [0.4, 0.5) is 4.79 Å². The number of carbonyl (C=O) groups is 2. The van der Waals surface area contributed by atoms with Gasteiger partial charge >= 0.3 is 6.09 Å². The van der Waals surface area contributed by atoms with Gasteiger partial charge in [0.05, 0.1) is 0 Å². The van der Waals surface area contributed by atoms with E-state index >= 15 is 0 Å². The lowest BCUT2D eigenvalue weighted by atomic mass is 10.1. The molecule has 1 aliphatic heterocycles. The summed E-state index contributed by atoms with van der Waals surface area (Å²) >= 11 is 0. The summed E-state index contributed by atoms with van der Waals surface area (Å²) in [5.41, 5.74) is 0.968. The Morgan fingerprint density at radius 3 is 2.58 bits per heavy atom. The number of hydrogen-bond acceptors (Lipinski definition) is 4. The van der Waals surface area contributed by atoms with E-state index in [1.807, 2.05) is 30.3 Å². The van der Waals surface area contributed by atoms with E-state index < -0.39 is 0 Å². The van der Waals surface area contributed by atoms with Gasteiger partial charge in [-0.1, -0.05) is 30.3 Å². The van der Waals surface area contributed by atoms with Gasteiger partial charge in [0.25, 0.3) is 6.47 Å². The summed E-state index contributed by atoms with van der Waals surface area (Å²) in [4.78, 5) is 23.7. The van der Waals surface area contributed by atoms with E-state index in [1.54, 1.807) is 4.90 Å². The van der Waals surface area contributed by atoms with E-state index in [0.29, 0.717) is 32.4 Å². The molecule has 1 saturated heterocycles. The second kappa shape index (κ2) is 6.78. The van der Waals surface area contributed by atoms with Gasteiger partial charge in [-0.15, -0.1) is 0 Å². The summed E-state index contributed by atoms with van der Waals surface area (Å²) in [7, 11) is 0. The molecule has 5 nitrogen and oxygen atoms in total. The highest BCUT2D eigenvalue weighted by Gasteiger charge is 2.24. The van der Waals surface area contributed by atoms with Crippen LogP contribution in [0.5, 0.6) is 0 Å². The van der Waals surface area contributed by atoms with Gasteiger partial charge in [0.2, 0.25) is 0 Å². The minimum Gasteiger partial charge on any atom is -0.464 e. The quantitative estimate of drug-likeness (QED) is 0.779. The standard InChI is InChI=1S/C14H17NO4/c16-11-19-13-6-8-15(9-7-13)14(17)18-10-12-4-2-1-3-5-12/h1-5,11,13H,6-10H2. The smallest absolute Gasteiger partial charge is 0.410 e. The molecule has 1 fully saturated rings. The summed E-state index contributed by atoms with van der Waals surface area (Å²) in [5, 5.41) is 0. The van der Waals surface area contributed by atoms with Crippen LogP contribution in [0.3, 0.4) is 0 Å². The maximum absolute atomic E-state index is 11.8. The van der Waals surface area contributed by atoms with Crippen molar-refractivity contribution >= 4 is 12.6 Å². The molecule has 0 bridgehead atoms. The molecule has 19 heavy (non-hydrogen) atoms. The summed E-state index contributed by atoms with van der Waals surface area (Å²) in [6.07, 6.45) is 0.947. The van der Waals surface area contributed by atoms with Crippen LogP contribution in [0.15, 0.2) is 30.3 Å². The van der Waals surface area contributed by atoms with Crippen LogP contribution in [-0.4, -0.2) is 36.7 Å². The molecule has 0 unspecified atom stereocenters. The Bertz CT molecular complexity index is 413. The highest BCUT2D eigenvalue weighted by atomic mass is 16.6. The topological polar surface area (TPSA) is 55.8 Å². The molecule has 0 saturated carbocycles. The molecular formula is C14H17NO4. The Labute approximate surface area is 112 Å². The summed E-state index contributed by atoms with van der Waals surface area (Å²) in [6.45, 7) is 1.87. The van der Waals surface area contributed by atoms with E-state index in [-0.39, 0.29) is 18.8 Å². The van der Waals surface area contributed by atoms with E-state index in [2.05, 4.69) is 0 Å². The third-order valence-electron chi connectivity index (χ3n) is 3.15. The number of rotatable bonds is 4. The predicted molar refractivity (Wildman–Crippen MR) is 68.4 cm³/mol. The number of carbonyl (C=O) groups excluding carboxylic acids is 2. The number of benzene rings is 1. The van der Waals surface area contributed by atoms with Crippen LogP contribution < -0.4 is 0 Å². The molecule has 0 aliphatic carbocycles. The van der Waals surface area contributed by atoms with Crippen molar-refractivity contribution in [2.75, 3.05) is 13.1 Å². The molecule has 1 aromatic carbocycles. The zero-order valence-corrected chi connectivity index (χ0v) is 10.7. The molecular weight excluding hydrogens is 246 g/mol. The number of amides is 1. The highest BCUT2D eigenvalue weighted by molar-refractivity contribution is 5.67. The van der Waals surface area contributed by atoms with Crippen molar-refractivity contribution in [1.29, 1.82) is 0 Å². The molecule has 5 heteroatoms. The predicted octanol–water partition coefficient (Wildman–Crippen LogP) is 1.96. The van der Waals surface area contributed by atoms with Crippen molar-refractivity contribution in [1.82, 2.24) is 4.90 Å². The normalized spacial score (nSPS) is 15.9. The minimum absolute atomic E-state index is 0.0735. The Morgan fingerprint density at radius 1 is 1.26 bits per heavy atom. The number of nitrogens with zero attached hydrogens (tertiary/aromatic N) is 1. The Kier molecular flexibility index (Phi) is 4.78. The second-order valence-electron chi connectivity index (χ2n) is 4.46. The van der Waals surface area contributed by atoms with E-state index in [0.717, 1.165) is 5.56 Å². The molecule has 0 aromatic heterocycles. The molecule has 0 spiro atoms. The number of ether oxygens (including phenoxy) is 2. The average Bonchev–Trinajstić information content (AvgIpc) is 2.47. The fraction of sp³-hybridized carbons (Fsp3) is 0.429. The van der Waals surface area contributed by atoms with Crippen LogP contribution in [-0.2, 0) is 20.9 Å².